The molecule has 3 rings (SSSR count). The van der Waals surface area contributed by atoms with Crippen LogP contribution in [-0.2, 0) is 0 Å². The van der Waals surface area contributed by atoms with E-state index in [1.165, 1.54) is 0 Å². The Kier molecular flexibility index (Phi) is 3.92. The van der Waals surface area contributed by atoms with Gasteiger partial charge in [-0.05, 0) is 28.1 Å². The summed E-state index contributed by atoms with van der Waals surface area (Å²) in [6.45, 7) is 0. The van der Waals surface area contributed by atoms with Crippen molar-refractivity contribution >= 4 is 21.7 Å². The van der Waals surface area contributed by atoms with Crippen molar-refractivity contribution in [3.8, 4) is 22.8 Å². The molecule has 21 heavy (non-hydrogen) atoms. The molecule has 0 fully saturated rings. The van der Waals surface area contributed by atoms with Gasteiger partial charge in [0.25, 0.3) is 0 Å². The van der Waals surface area contributed by atoms with E-state index in [1.807, 2.05) is 55.6 Å². The minimum Gasteiger partial charge on any atom is -0.373 e. The molecule has 104 valence electrons. The lowest BCUT2D eigenvalue weighted by Crippen LogP contribution is -1.99. The summed E-state index contributed by atoms with van der Waals surface area (Å²) in [7, 11) is 1.84. The van der Waals surface area contributed by atoms with Crippen LogP contribution < -0.4 is 5.32 Å². The summed E-state index contributed by atoms with van der Waals surface area (Å²) >= 11 is 3.38. The standard InChI is InChI=1S/C16H13BrN4/c1-18-15-9-14(11-5-3-2-4-6-11)20-16(21-15)13-8-7-12(17)10-19-13/h2-10H,1H3,(H,18,20,21). The van der Waals surface area contributed by atoms with Crippen LogP contribution in [0.25, 0.3) is 22.8 Å². The molecule has 0 bridgehead atoms. The third-order valence-corrected chi connectivity index (χ3v) is 3.48. The molecule has 0 unspecified atom stereocenters. The molecule has 0 spiro atoms. The van der Waals surface area contributed by atoms with Crippen molar-refractivity contribution in [2.45, 2.75) is 0 Å². The van der Waals surface area contributed by atoms with E-state index >= 15 is 0 Å². The van der Waals surface area contributed by atoms with Crippen LogP contribution in [0.15, 0.2) is 59.2 Å². The summed E-state index contributed by atoms with van der Waals surface area (Å²) in [6.07, 6.45) is 1.74. The summed E-state index contributed by atoms with van der Waals surface area (Å²) in [5.74, 6) is 1.37. The minimum absolute atomic E-state index is 0.605. The number of pyridine rings is 1. The van der Waals surface area contributed by atoms with Crippen LogP contribution in [0.1, 0.15) is 0 Å². The van der Waals surface area contributed by atoms with E-state index in [-0.39, 0.29) is 0 Å². The van der Waals surface area contributed by atoms with E-state index in [0.717, 1.165) is 27.2 Å². The maximum Gasteiger partial charge on any atom is 0.180 e. The number of benzene rings is 1. The maximum absolute atomic E-state index is 4.62. The highest BCUT2D eigenvalue weighted by Gasteiger charge is 2.09. The molecule has 1 aromatic carbocycles. The Hall–Kier alpha value is -2.27. The van der Waals surface area contributed by atoms with Crippen LogP contribution >= 0.6 is 15.9 Å². The van der Waals surface area contributed by atoms with Gasteiger partial charge in [0.2, 0.25) is 0 Å². The molecular formula is C16H13BrN4. The number of nitrogens with zero attached hydrogens (tertiary/aromatic N) is 3. The number of nitrogens with one attached hydrogen (secondary N) is 1. The summed E-state index contributed by atoms with van der Waals surface area (Å²) < 4.78 is 0.930. The zero-order valence-electron chi connectivity index (χ0n) is 11.4. The maximum atomic E-state index is 4.62. The Balaban J connectivity index is 2.11. The van der Waals surface area contributed by atoms with Crippen LogP contribution in [-0.4, -0.2) is 22.0 Å². The van der Waals surface area contributed by atoms with Crippen molar-refractivity contribution in [2.75, 3.05) is 12.4 Å². The van der Waals surface area contributed by atoms with E-state index in [2.05, 4.69) is 36.2 Å². The molecule has 1 N–H and O–H groups in total. The van der Waals surface area contributed by atoms with Gasteiger partial charge in [0.15, 0.2) is 5.82 Å². The molecule has 0 aliphatic rings. The van der Waals surface area contributed by atoms with Crippen molar-refractivity contribution in [3.05, 3.63) is 59.2 Å². The lowest BCUT2D eigenvalue weighted by atomic mass is 10.1. The second-order valence-electron chi connectivity index (χ2n) is 4.44. The molecule has 0 saturated carbocycles. The lowest BCUT2D eigenvalue weighted by Gasteiger charge is -2.07. The van der Waals surface area contributed by atoms with Crippen molar-refractivity contribution in [2.24, 2.45) is 0 Å². The zero-order valence-corrected chi connectivity index (χ0v) is 13.0. The molecule has 2 aromatic heterocycles. The highest BCUT2D eigenvalue weighted by atomic mass is 79.9. The fourth-order valence-electron chi connectivity index (χ4n) is 1.95. The predicted octanol–water partition coefficient (Wildman–Crippen LogP) is 4.01. The molecule has 4 nitrogen and oxygen atoms in total. The van der Waals surface area contributed by atoms with E-state index < -0.39 is 0 Å². The lowest BCUT2D eigenvalue weighted by molar-refractivity contribution is 1.13. The summed E-state index contributed by atoms with van der Waals surface area (Å²) in [4.78, 5) is 13.5. The first-order valence-corrected chi connectivity index (χ1v) is 7.30. The fraction of sp³-hybridized carbons (Fsp3) is 0.0625. The molecule has 0 amide bonds. The predicted molar refractivity (Wildman–Crippen MR) is 87.9 cm³/mol. The molecule has 3 aromatic rings. The molecular weight excluding hydrogens is 328 g/mol. The Bertz CT molecular complexity index is 742. The zero-order chi connectivity index (χ0) is 14.7. The van der Waals surface area contributed by atoms with Gasteiger partial charge < -0.3 is 5.32 Å². The first-order valence-electron chi connectivity index (χ1n) is 6.50. The monoisotopic (exact) mass is 340 g/mol. The quantitative estimate of drug-likeness (QED) is 0.782. The van der Waals surface area contributed by atoms with Crippen molar-refractivity contribution in [1.82, 2.24) is 15.0 Å². The van der Waals surface area contributed by atoms with Gasteiger partial charge in [-0.2, -0.15) is 0 Å². The largest absolute Gasteiger partial charge is 0.373 e. The molecule has 0 aliphatic heterocycles. The smallest absolute Gasteiger partial charge is 0.180 e. The SMILES string of the molecule is CNc1cc(-c2ccccc2)nc(-c2ccc(Br)cn2)n1. The second-order valence-corrected chi connectivity index (χ2v) is 5.36. The summed E-state index contributed by atoms with van der Waals surface area (Å²) in [5, 5.41) is 3.07. The van der Waals surface area contributed by atoms with Crippen LogP contribution in [0.2, 0.25) is 0 Å². The van der Waals surface area contributed by atoms with E-state index in [0.29, 0.717) is 5.82 Å². The van der Waals surface area contributed by atoms with Gasteiger partial charge in [-0.1, -0.05) is 30.3 Å². The van der Waals surface area contributed by atoms with Crippen LogP contribution in [0.5, 0.6) is 0 Å². The Labute approximate surface area is 131 Å². The van der Waals surface area contributed by atoms with Crippen molar-refractivity contribution in [1.29, 1.82) is 0 Å². The Morgan fingerprint density at radius 3 is 2.43 bits per heavy atom. The number of halogens is 1. The highest BCUT2D eigenvalue weighted by Crippen LogP contribution is 2.23. The van der Waals surface area contributed by atoms with Gasteiger partial charge in [-0.15, -0.1) is 0 Å². The molecule has 5 heteroatoms. The van der Waals surface area contributed by atoms with Crippen LogP contribution in [0, 0.1) is 0 Å². The highest BCUT2D eigenvalue weighted by molar-refractivity contribution is 9.10. The molecule has 0 saturated heterocycles. The fourth-order valence-corrected chi connectivity index (χ4v) is 2.19. The molecule has 0 aliphatic carbocycles. The van der Waals surface area contributed by atoms with Crippen LogP contribution in [0.4, 0.5) is 5.82 Å². The molecule has 0 atom stereocenters. The van der Waals surface area contributed by atoms with Crippen LogP contribution in [0.3, 0.4) is 0 Å². The number of hydrogen-bond acceptors (Lipinski definition) is 4. The average molecular weight is 341 g/mol. The summed E-state index contributed by atoms with van der Waals surface area (Å²) in [6, 6.07) is 15.8. The Morgan fingerprint density at radius 2 is 1.76 bits per heavy atom. The van der Waals surface area contributed by atoms with Gasteiger partial charge in [0, 0.05) is 29.3 Å². The number of anilines is 1. The van der Waals surface area contributed by atoms with E-state index in [4.69, 9.17) is 0 Å². The number of aromatic nitrogens is 3. The van der Waals surface area contributed by atoms with Gasteiger partial charge in [-0.3, -0.25) is 4.98 Å². The van der Waals surface area contributed by atoms with Crippen molar-refractivity contribution < 1.29 is 0 Å². The third kappa shape index (κ3) is 3.08. The van der Waals surface area contributed by atoms with Gasteiger partial charge in [0.05, 0.1) is 5.69 Å². The van der Waals surface area contributed by atoms with Gasteiger partial charge in [-0.25, -0.2) is 9.97 Å². The van der Waals surface area contributed by atoms with Crippen molar-refractivity contribution in [3.63, 3.8) is 0 Å². The molecule has 0 radical (unpaired) electrons. The van der Waals surface area contributed by atoms with E-state index in [1.54, 1.807) is 6.20 Å². The Morgan fingerprint density at radius 1 is 0.952 bits per heavy atom. The topological polar surface area (TPSA) is 50.7 Å². The normalized spacial score (nSPS) is 10.4. The first kappa shape index (κ1) is 13.7. The van der Waals surface area contributed by atoms with Gasteiger partial charge >= 0.3 is 0 Å². The number of hydrogen-bond donors (Lipinski definition) is 1. The molecule has 2 heterocycles. The minimum atomic E-state index is 0.605. The van der Waals surface area contributed by atoms with Gasteiger partial charge in [0.1, 0.15) is 11.5 Å². The van der Waals surface area contributed by atoms with E-state index in [9.17, 15) is 0 Å². The summed E-state index contributed by atoms with van der Waals surface area (Å²) in [5.41, 5.74) is 2.66. The third-order valence-electron chi connectivity index (χ3n) is 3.01. The first-order chi connectivity index (χ1) is 10.3. The average Bonchev–Trinajstić information content (AvgIpc) is 2.56. The second kappa shape index (κ2) is 6.01. The number of rotatable bonds is 3.